The Labute approximate surface area is 72.9 Å². The van der Waals surface area contributed by atoms with Crippen molar-refractivity contribution >= 4 is 0 Å². The Morgan fingerprint density at radius 2 is 2.38 bits per heavy atom. The van der Waals surface area contributed by atoms with Gasteiger partial charge in [-0.1, -0.05) is 5.11 Å². The van der Waals surface area contributed by atoms with Gasteiger partial charge in [0.05, 0.1) is 12.7 Å². The van der Waals surface area contributed by atoms with E-state index in [1.54, 1.807) is 0 Å². The molecule has 72 valence electrons. The molecular formula is C6H8FN3O3. The van der Waals surface area contributed by atoms with Gasteiger partial charge in [-0.05, 0) is 5.53 Å². The van der Waals surface area contributed by atoms with E-state index < -0.39 is 30.7 Å². The zero-order chi connectivity index (χ0) is 9.42. The Bertz CT molecular complexity index is 242. The molecule has 2 fully saturated rings. The van der Waals surface area contributed by atoms with E-state index in [0.29, 0.717) is 0 Å². The zero-order valence-corrected chi connectivity index (χ0v) is 6.58. The Morgan fingerprint density at radius 1 is 1.62 bits per heavy atom. The predicted octanol–water partition coefficient (Wildman–Crippen LogP) is 0.119. The van der Waals surface area contributed by atoms with Gasteiger partial charge in [0.15, 0.2) is 12.5 Å². The number of alkyl halides is 1. The predicted molar refractivity (Wildman–Crippen MR) is 38.4 cm³/mol. The fourth-order valence-corrected chi connectivity index (χ4v) is 1.55. The Kier molecular flexibility index (Phi) is 2.09. The summed E-state index contributed by atoms with van der Waals surface area (Å²) >= 11 is 0. The first-order chi connectivity index (χ1) is 6.24. The van der Waals surface area contributed by atoms with E-state index in [-0.39, 0.29) is 6.61 Å². The molecule has 0 aromatic rings. The summed E-state index contributed by atoms with van der Waals surface area (Å²) in [6.07, 6.45) is -4.29. The second-order valence-electron chi connectivity index (χ2n) is 3.01. The lowest BCUT2D eigenvalue weighted by Gasteiger charge is -2.31. The average Bonchev–Trinajstić information content (AvgIpc) is 2.56. The van der Waals surface area contributed by atoms with E-state index in [0.717, 1.165) is 0 Å². The number of azide groups is 1. The number of nitrogens with zero attached hydrogens (tertiary/aromatic N) is 3. The molecule has 2 aliphatic rings. The number of halogens is 1. The van der Waals surface area contributed by atoms with E-state index in [2.05, 4.69) is 10.0 Å². The van der Waals surface area contributed by atoms with Gasteiger partial charge in [-0.2, -0.15) is 0 Å². The molecule has 0 saturated carbocycles. The molecule has 0 aromatic carbocycles. The summed E-state index contributed by atoms with van der Waals surface area (Å²) in [4.78, 5) is 2.47. The molecule has 1 N–H and O–H groups in total. The fourth-order valence-electron chi connectivity index (χ4n) is 1.55. The van der Waals surface area contributed by atoms with Gasteiger partial charge in [-0.15, -0.1) is 0 Å². The van der Waals surface area contributed by atoms with Crippen LogP contribution in [0.1, 0.15) is 0 Å². The minimum Gasteiger partial charge on any atom is -0.390 e. The second kappa shape index (κ2) is 3.12. The van der Waals surface area contributed by atoms with E-state index in [1.807, 2.05) is 0 Å². The Hall–Kier alpha value is -0.880. The highest BCUT2D eigenvalue weighted by molar-refractivity contribution is 4.97. The van der Waals surface area contributed by atoms with Crippen molar-refractivity contribution in [1.82, 2.24) is 0 Å². The van der Waals surface area contributed by atoms with Gasteiger partial charge in [-0.3, -0.25) is 0 Å². The van der Waals surface area contributed by atoms with Crippen LogP contribution in [0.2, 0.25) is 0 Å². The highest BCUT2D eigenvalue weighted by atomic mass is 19.1. The SMILES string of the molecule is [N-]=[N+]=NC1C(O)C2COC(O2)C1F. The first-order valence-corrected chi connectivity index (χ1v) is 3.87. The molecule has 5 unspecified atom stereocenters. The van der Waals surface area contributed by atoms with Crippen molar-refractivity contribution in [3.8, 4) is 0 Å². The molecule has 6 nitrogen and oxygen atoms in total. The maximum Gasteiger partial charge on any atom is 0.189 e. The van der Waals surface area contributed by atoms with Crippen LogP contribution in [0, 0.1) is 0 Å². The number of hydrogen-bond acceptors (Lipinski definition) is 4. The number of rotatable bonds is 1. The molecule has 7 heteroatoms. The maximum atomic E-state index is 13.3. The molecular weight excluding hydrogens is 181 g/mol. The molecule has 2 aliphatic heterocycles. The van der Waals surface area contributed by atoms with Gasteiger partial charge >= 0.3 is 0 Å². The highest BCUT2D eigenvalue weighted by Crippen LogP contribution is 2.31. The van der Waals surface area contributed by atoms with Crippen molar-refractivity contribution < 1.29 is 19.0 Å². The monoisotopic (exact) mass is 189 g/mol. The van der Waals surface area contributed by atoms with Crippen LogP contribution in [0.5, 0.6) is 0 Å². The molecule has 2 saturated heterocycles. The summed E-state index contributed by atoms with van der Waals surface area (Å²) in [6, 6.07) is -1.10. The fraction of sp³-hybridized carbons (Fsp3) is 1.00. The lowest BCUT2D eigenvalue weighted by Crippen LogP contribution is -2.50. The molecule has 0 radical (unpaired) electrons. The van der Waals surface area contributed by atoms with Gasteiger partial charge in [0, 0.05) is 4.91 Å². The molecule has 0 amide bonds. The van der Waals surface area contributed by atoms with Crippen molar-refractivity contribution in [2.75, 3.05) is 6.61 Å². The molecule has 0 aliphatic carbocycles. The molecule has 2 rings (SSSR count). The normalized spacial score (nSPS) is 48.6. The molecule has 2 bridgehead atoms. The summed E-state index contributed by atoms with van der Waals surface area (Å²) in [6.45, 7) is 0.143. The van der Waals surface area contributed by atoms with Crippen molar-refractivity contribution in [2.24, 2.45) is 5.11 Å². The van der Waals surface area contributed by atoms with Crippen LogP contribution >= 0.6 is 0 Å². The second-order valence-corrected chi connectivity index (χ2v) is 3.01. The number of fused-ring (bicyclic) bond motifs is 2. The van der Waals surface area contributed by atoms with E-state index in [9.17, 15) is 9.50 Å². The van der Waals surface area contributed by atoms with Crippen LogP contribution in [0.3, 0.4) is 0 Å². The molecule has 0 spiro atoms. The summed E-state index contributed by atoms with van der Waals surface area (Å²) in [5.41, 5.74) is 8.15. The van der Waals surface area contributed by atoms with E-state index >= 15 is 0 Å². The first kappa shape index (κ1) is 8.71. The van der Waals surface area contributed by atoms with Crippen molar-refractivity contribution in [2.45, 2.75) is 30.7 Å². The van der Waals surface area contributed by atoms with Gasteiger partial charge in [-0.25, -0.2) is 4.39 Å². The third-order valence-electron chi connectivity index (χ3n) is 2.24. The van der Waals surface area contributed by atoms with Gasteiger partial charge in [0.25, 0.3) is 0 Å². The smallest absolute Gasteiger partial charge is 0.189 e. The van der Waals surface area contributed by atoms with Gasteiger partial charge < -0.3 is 14.6 Å². The van der Waals surface area contributed by atoms with Crippen LogP contribution in [-0.2, 0) is 9.47 Å². The van der Waals surface area contributed by atoms with Crippen LogP contribution in [0.15, 0.2) is 5.11 Å². The summed E-state index contributed by atoms with van der Waals surface area (Å²) in [7, 11) is 0. The van der Waals surface area contributed by atoms with Gasteiger partial charge in [0.1, 0.15) is 12.1 Å². The molecule has 13 heavy (non-hydrogen) atoms. The largest absolute Gasteiger partial charge is 0.390 e. The van der Waals surface area contributed by atoms with E-state index in [1.165, 1.54) is 0 Å². The Morgan fingerprint density at radius 3 is 3.08 bits per heavy atom. The first-order valence-electron chi connectivity index (χ1n) is 3.87. The third-order valence-corrected chi connectivity index (χ3v) is 2.24. The van der Waals surface area contributed by atoms with Crippen LogP contribution in [0.25, 0.3) is 10.4 Å². The standard InChI is InChI=1S/C6H8FN3O3/c7-3-4(9-10-8)5(11)2-1-12-6(3)13-2/h2-6,11H,1H2. The number of hydrogen-bond donors (Lipinski definition) is 1. The molecule has 2 heterocycles. The quantitative estimate of drug-likeness (QED) is 0.361. The number of aliphatic hydroxyl groups excluding tert-OH is 1. The van der Waals surface area contributed by atoms with Crippen molar-refractivity contribution in [1.29, 1.82) is 0 Å². The lowest BCUT2D eigenvalue weighted by molar-refractivity contribution is -0.167. The summed E-state index contributed by atoms with van der Waals surface area (Å²) in [5.74, 6) is 0. The van der Waals surface area contributed by atoms with Crippen molar-refractivity contribution in [3.05, 3.63) is 10.4 Å². The Balaban J connectivity index is 2.21. The van der Waals surface area contributed by atoms with Crippen LogP contribution in [0.4, 0.5) is 4.39 Å². The highest BCUT2D eigenvalue weighted by Gasteiger charge is 2.50. The summed E-state index contributed by atoms with van der Waals surface area (Å²) < 4.78 is 23.2. The van der Waals surface area contributed by atoms with Gasteiger partial charge in [0.2, 0.25) is 0 Å². The van der Waals surface area contributed by atoms with E-state index in [4.69, 9.17) is 15.0 Å². The maximum absolute atomic E-state index is 13.3. The lowest BCUT2D eigenvalue weighted by atomic mass is 10.0. The number of aliphatic hydroxyl groups is 1. The number of ether oxygens (including phenoxy) is 2. The van der Waals surface area contributed by atoms with Crippen LogP contribution < -0.4 is 0 Å². The minimum atomic E-state index is -1.59. The third kappa shape index (κ3) is 1.26. The molecule has 5 atom stereocenters. The summed E-state index contributed by atoms with van der Waals surface area (Å²) in [5, 5.41) is 12.6. The van der Waals surface area contributed by atoms with Crippen molar-refractivity contribution in [3.63, 3.8) is 0 Å². The topological polar surface area (TPSA) is 87.5 Å². The minimum absolute atomic E-state index is 0.143. The van der Waals surface area contributed by atoms with Crippen LogP contribution in [-0.4, -0.2) is 42.4 Å². The zero-order valence-electron chi connectivity index (χ0n) is 6.58. The molecule has 0 aromatic heterocycles. The average molecular weight is 189 g/mol.